The van der Waals surface area contributed by atoms with Crippen LogP contribution in [0.5, 0.6) is 11.5 Å². The molecular weight excluding hydrogens is 466 g/mol. The van der Waals surface area contributed by atoms with E-state index in [2.05, 4.69) is 15.6 Å². The Morgan fingerprint density at radius 2 is 1.74 bits per heavy atom. The van der Waals surface area contributed by atoms with Gasteiger partial charge >= 0.3 is 0 Å². The van der Waals surface area contributed by atoms with E-state index in [1.54, 1.807) is 54.6 Å². The van der Waals surface area contributed by atoms with Crippen LogP contribution in [-0.2, 0) is 9.84 Å². The van der Waals surface area contributed by atoms with Crippen molar-refractivity contribution in [2.45, 2.75) is 4.90 Å². The lowest BCUT2D eigenvalue weighted by Crippen LogP contribution is -2.18. The maximum Gasteiger partial charge on any atom is 0.269 e. The standard InChI is InChI=1S/C26H19N3O5S/c1-27-26(31)23-15-20(9-11-28-23)34-19-7-8-21-17(13-19)3-2-4-22(21)25(30)29-18-6-5-16-10-12-35(32,33)24(16)14-18/h2-15H,1H3,(H,27,31)(H,29,30). The lowest BCUT2D eigenvalue weighted by atomic mass is 10.0. The number of carbonyl (C=O) groups is 2. The Labute approximate surface area is 201 Å². The van der Waals surface area contributed by atoms with Gasteiger partial charge in [0, 0.05) is 36.0 Å². The van der Waals surface area contributed by atoms with Crippen LogP contribution >= 0.6 is 0 Å². The van der Waals surface area contributed by atoms with E-state index in [0.29, 0.717) is 33.7 Å². The average molecular weight is 486 g/mol. The number of pyridine rings is 1. The van der Waals surface area contributed by atoms with Crippen molar-refractivity contribution in [3.8, 4) is 11.5 Å². The molecule has 1 aliphatic rings. The third-order valence-electron chi connectivity index (χ3n) is 5.53. The molecule has 2 heterocycles. The van der Waals surface area contributed by atoms with Gasteiger partial charge in [-0.3, -0.25) is 14.6 Å². The lowest BCUT2D eigenvalue weighted by Gasteiger charge is -2.11. The van der Waals surface area contributed by atoms with Crippen LogP contribution < -0.4 is 15.4 Å². The Kier molecular flexibility index (Phi) is 5.54. The summed E-state index contributed by atoms with van der Waals surface area (Å²) in [5.74, 6) is 0.298. The van der Waals surface area contributed by atoms with Crippen molar-refractivity contribution in [2.24, 2.45) is 0 Å². The summed E-state index contributed by atoms with van der Waals surface area (Å²) in [5, 5.41) is 7.94. The Morgan fingerprint density at radius 3 is 2.57 bits per heavy atom. The molecule has 2 amide bonds. The van der Waals surface area contributed by atoms with Gasteiger partial charge in [0.15, 0.2) is 0 Å². The second-order valence-corrected chi connectivity index (χ2v) is 9.60. The maximum absolute atomic E-state index is 13.0. The summed E-state index contributed by atoms with van der Waals surface area (Å²) < 4.78 is 30.2. The minimum absolute atomic E-state index is 0.172. The number of benzene rings is 3. The van der Waals surface area contributed by atoms with Gasteiger partial charge in [0.25, 0.3) is 11.8 Å². The number of hydrogen-bond acceptors (Lipinski definition) is 6. The van der Waals surface area contributed by atoms with Crippen LogP contribution in [-0.4, -0.2) is 32.3 Å². The minimum Gasteiger partial charge on any atom is -0.457 e. The molecule has 1 aliphatic heterocycles. The molecule has 8 nitrogen and oxygen atoms in total. The zero-order chi connectivity index (χ0) is 24.6. The summed E-state index contributed by atoms with van der Waals surface area (Å²) in [6.45, 7) is 0. The molecule has 0 atom stereocenters. The number of hydrogen-bond donors (Lipinski definition) is 2. The first-order valence-corrected chi connectivity index (χ1v) is 12.2. The maximum atomic E-state index is 13.0. The number of rotatable bonds is 5. The van der Waals surface area contributed by atoms with Crippen LogP contribution in [0.2, 0.25) is 0 Å². The van der Waals surface area contributed by atoms with E-state index in [0.717, 1.165) is 10.8 Å². The van der Waals surface area contributed by atoms with Gasteiger partial charge in [0.1, 0.15) is 17.2 Å². The number of nitrogens with one attached hydrogen (secondary N) is 2. The fourth-order valence-corrected chi connectivity index (χ4v) is 5.05. The number of ether oxygens (including phenoxy) is 1. The average Bonchev–Trinajstić information content (AvgIpc) is 3.17. The quantitative estimate of drug-likeness (QED) is 0.433. The van der Waals surface area contributed by atoms with Crippen molar-refractivity contribution in [2.75, 3.05) is 12.4 Å². The molecule has 0 fully saturated rings. The molecule has 0 aliphatic carbocycles. The first-order chi connectivity index (χ1) is 16.8. The van der Waals surface area contributed by atoms with E-state index in [4.69, 9.17) is 4.74 Å². The van der Waals surface area contributed by atoms with Gasteiger partial charge in [-0.25, -0.2) is 8.42 Å². The molecule has 0 saturated heterocycles. The minimum atomic E-state index is -3.47. The molecule has 5 rings (SSSR count). The molecule has 0 spiro atoms. The zero-order valence-corrected chi connectivity index (χ0v) is 19.3. The van der Waals surface area contributed by atoms with Crippen molar-refractivity contribution in [3.63, 3.8) is 0 Å². The number of anilines is 1. The second kappa shape index (κ2) is 8.69. The highest BCUT2D eigenvalue weighted by atomic mass is 32.2. The van der Waals surface area contributed by atoms with Crippen LogP contribution in [0.4, 0.5) is 5.69 Å². The lowest BCUT2D eigenvalue weighted by molar-refractivity contribution is 0.0957. The normalized spacial score (nSPS) is 13.3. The van der Waals surface area contributed by atoms with Crippen molar-refractivity contribution < 1.29 is 22.7 Å². The van der Waals surface area contributed by atoms with Gasteiger partial charge < -0.3 is 15.4 Å². The molecule has 0 bridgehead atoms. The topological polar surface area (TPSA) is 114 Å². The molecule has 0 radical (unpaired) electrons. The molecule has 9 heteroatoms. The molecule has 0 saturated carbocycles. The van der Waals surface area contributed by atoms with Crippen LogP contribution in [0.1, 0.15) is 26.4 Å². The predicted octanol–water partition coefficient (Wildman–Crippen LogP) is 4.40. The van der Waals surface area contributed by atoms with Gasteiger partial charge in [-0.15, -0.1) is 0 Å². The third kappa shape index (κ3) is 4.36. The molecule has 0 unspecified atom stereocenters. The fraction of sp³-hybridized carbons (Fsp3) is 0.0385. The van der Waals surface area contributed by atoms with Crippen LogP contribution in [0.15, 0.2) is 83.2 Å². The molecule has 3 aromatic carbocycles. The summed E-state index contributed by atoms with van der Waals surface area (Å²) >= 11 is 0. The summed E-state index contributed by atoms with van der Waals surface area (Å²) in [4.78, 5) is 29.0. The number of sulfone groups is 1. The van der Waals surface area contributed by atoms with Crippen molar-refractivity contribution in [3.05, 3.63) is 95.2 Å². The van der Waals surface area contributed by atoms with Gasteiger partial charge in [-0.2, -0.15) is 0 Å². The first-order valence-electron chi connectivity index (χ1n) is 10.6. The highest BCUT2D eigenvalue weighted by Crippen LogP contribution is 2.31. The van der Waals surface area contributed by atoms with E-state index in [1.165, 1.54) is 25.4 Å². The van der Waals surface area contributed by atoms with E-state index >= 15 is 0 Å². The van der Waals surface area contributed by atoms with Gasteiger partial charge in [0.2, 0.25) is 9.84 Å². The van der Waals surface area contributed by atoms with E-state index < -0.39 is 9.84 Å². The summed E-state index contributed by atoms with van der Waals surface area (Å²) in [5.41, 5.74) is 1.65. The number of aromatic nitrogens is 1. The van der Waals surface area contributed by atoms with Crippen LogP contribution in [0.3, 0.4) is 0 Å². The summed E-state index contributed by atoms with van der Waals surface area (Å²) in [6.07, 6.45) is 3.02. The predicted molar refractivity (Wildman–Crippen MR) is 132 cm³/mol. The molecular formula is C26H19N3O5S. The van der Waals surface area contributed by atoms with E-state index in [9.17, 15) is 18.0 Å². The molecule has 174 valence electrons. The Balaban J connectivity index is 1.40. The van der Waals surface area contributed by atoms with Gasteiger partial charge in [-0.05, 0) is 64.9 Å². The van der Waals surface area contributed by atoms with Crippen LogP contribution in [0, 0.1) is 0 Å². The van der Waals surface area contributed by atoms with E-state index in [1.807, 2.05) is 6.07 Å². The highest BCUT2D eigenvalue weighted by Gasteiger charge is 2.21. The van der Waals surface area contributed by atoms with Crippen molar-refractivity contribution in [1.29, 1.82) is 0 Å². The third-order valence-corrected chi connectivity index (χ3v) is 6.99. The largest absolute Gasteiger partial charge is 0.457 e. The van der Waals surface area contributed by atoms with Gasteiger partial charge in [0.05, 0.1) is 4.90 Å². The Hall–Kier alpha value is -4.50. The zero-order valence-electron chi connectivity index (χ0n) is 18.5. The van der Waals surface area contributed by atoms with Crippen molar-refractivity contribution >= 4 is 44.2 Å². The van der Waals surface area contributed by atoms with Crippen LogP contribution in [0.25, 0.3) is 16.8 Å². The number of amides is 2. The number of nitrogens with zero attached hydrogens (tertiary/aromatic N) is 1. The summed E-state index contributed by atoms with van der Waals surface area (Å²) in [6, 6.07) is 18.6. The Bertz CT molecular complexity index is 1640. The number of fused-ring (bicyclic) bond motifs is 2. The van der Waals surface area contributed by atoms with Gasteiger partial charge in [-0.1, -0.05) is 18.2 Å². The Morgan fingerprint density at radius 1 is 0.914 bits per heavy atom. The smallest absolute Gasteiger partial charge is 0.269 e. The fourth-order valence-electron chi connectivity index (χ4n) is 3.82. The first kappa shape index (κ1) is 22.3. The SMILES string of the molecule is CNC(=O)c1cc(Oc2ccc3c(C(=O)Nc4ccc5c(c4)S(=O)(=O)C=C5)cccc3c2)ccn1. The summed E-state index contributed by atoms with van der Waals surface area (Å²) in [7, 11) is -1.95. The van der Waals surface area contributed by atoms with E-state index in [-0.39, 0.29) is 22.4 Å². The highest BCUT2D eigenvalue weighted by molar-refractivity contribution is 7.94. The molecule has 2 N–H and O–H groups in total. The number of carbonyl (C=O) groups excluding carboxylic acids is 2. The van der Waals surface area contributed by atoms with Crippen molar-refractivity contribution in [1.82, 2.24) is 10.3 Å². The molecule has 1 aromatic heterocycles. The molecule has 35 heavy (non-hydrogen) atoms. The second-order valence-electron chi connectivity index (χ2n) is 7.80. The molecule has 4 aromatic rings. The monoisotopic (exact) mass is 485 g/mol.